The van der Waals surface area contributed by atoms with Gasteiger partial charge in [-0.25, -0.2) is 14.6 Å². The zero-order valence-electron chi connectivity index (χ0n) is 14.5. The average molecular weight is 347 g/mol. The quantitative estimate of drug-likeness (QED) is 0.744. The van der Waals surface area contributed by atoms with E-state index in [2.05, 4.69) is 32.5 Å². The molecular weight excluding hydrogens is 326 g/mol. The van der Waals surface area contributed by atoms with Gasteiger partial charge >= 0.3 is 0 Å². The zero-order valence-corrected chi connectivity index (χ0v) is 14.5. The number of benzene rings is 1. The molecule has 0 radical (unpaired) electrons. The second-order valence-corrected chi connectivity index (χ2v) is 6.81. The van der Waals surface area contributed by atoms with Gasteiger partial charge in [0, 0.05) is 18.3 Å². The maximum absolute atomic E-state index is 13.0. The molecule has 0 unspecified atom stereocenters. The molecule has 26 heavy (non-hydrogen) atoms. The van der Waals surface area contributed by atoms with Gasteiger partial charge in [0.05, 0.1) is 5.41 Å². The minimum Gasteiger partial charge on any atom is -0.351 e. The van der Waals surface area contributed by atoms with E-state index in [0.717, 1.165) is 31.2 Å². The van der Waals surface area contributed by atoms with Crippen LogP contribution in [-0.2, 0) is 17.8 Å². The van der Waals surface area contributed by atoms with Crippen molar-refractivity contribution in [3.63, 3.8) is 0 Å². The molecule has 2 aromatic heterocycles. The summed E-state index contributed by atoms with van der Waals surface area (Å²) in [5.41, 5.74) is 1.85. The lowest BCUT2D eigenvalue weighted by Crippen LogP contribution is -2.47. The first kappa shape index (κ1) is 16.4. The van der Waals surface area contributed by atoms with Crippen LogP contribution in [0.15, 0.2) is 61.3 Å². The van der Waals surface area contributed by atoms with Crippen LogP contribution in [0.2, 0.25) is 0 Å². The number of aromatic nitrogens is 4. The van der Waals surface area contributed by atoms with E-state index < -0.39 is 0 Å². The molecule has 0 aliphatic heterocycles. The van der Waals surface area contributed by atoms with E-state index in [0.29, 0.717) is 12.4 Å². The topological polar surface area (TPSA) is 72.7 Å². The van der Waals surface area contributed by atoms with Crippen LogP contribution in [-0.4, -0.2) is 25.7 Å². The summed E-state index contributed by atoms with van der Waals surface area (Å²) in [5, 5.41) is 7.26. The van der Waals surface area contributed by atoms with Crippen molar-refractivity contribution in [3.05, 3.63) is 72.4 Å². The summed E-state index contributed by atoms with van der Waals surface area (Å²) in [6.45, 7) is 0.429. The number of hydrogen-bond donors (Lipinski definition) is 1. The van der Waals surface area contributed by atoms with Crippen molar-refractivity contribution >= 4 is 5.91 Å². The summed E-state index contributed by atoms with van der Waals surface area (Å²) in [6, 6.07) is 14.1. The highest BCUT2D eigenvalue weighted by atomic mass is 16.2. The maximum Gasteiger partial charge on any atom is 0.226 e. The fourth-order valence-electron chi connectivity index (χ4n) is 3.53. The predicted molar refractivity (Wildman–Crippen MR) is 97.4 cm³/mol. The number of nitrogens with zero attached hydrogens (tertiary/aromatic N) is 4. The fraction of sp³-hybridized carbons (Fsp3) is 0.300. The van der Waals surface area contributed by atoms with Crippen LogP contribution in [0.1, 0.15) is 30.4 Å². The number of hydrogen-bond acceptors (Lipinski definition) is 4. The molecule has 1 aromatic carbocycles. The van der Waals surface area contributed by atoms with Gasteiger partial charge < -0.3 is 5.32 Å². The molecule has 1 aliphatic carbocycles. The molecule has 4 rings (SSSR count). The lowest BCUT2D eigenvalue weighted by molar-refractivity contribution is -0.136. The number of carbonyl (C=O) groups excluding carboxylic acids is 1. The summed E-state index contributed by atoms with van der Waals surface area (Å²) in [7, 11) is 0. The first-order valence-electron chi connectivity index (χ1n) is 8.88. The smallest absolute Gasteiger partial charge is 0.226 e. The third-order valence-electron chi connectivity index (χ3n) is 5.12. The van der Waals surface area contributed by atoms with Crippen molar-refractivity contribution < 1.29 is 4.79 Å². The van der Waals surface area contributed by atoms with Crippen molar-refractivity contribution in [2.45, 2.75) is 32.2 Å². The van der Waals surface area contributed by atoms with Crippen LogP contribution in [0.3, 0.4) is 0 Å². The van der Waals surface area contributed by atoms with Gasteiger partial charge in [0.25, 0.3) is 0 Å². The highest BCUT2D eigenvalue weighted by Gasteiger charge is 2.43. The van der Waals surface area contributed by atoms with Gasteiger partial charge in [-0.3, -0.25) is 4.79 Å². The molecule has 6 nitrogen and oxygen atoms in total. The molecule has 3 aromatic rings. The van der Waals surface area contributed by atoms with Gasteiger partial charge in [0.2, 0.25) is 5.91 Å². The van der Waals surface area contributed by atoms with Crippen molar-refractivity contribution in [2.24, 2.45) is 5.41 Å². The normalized spacial score (nSPS) is 15.2. The van der Waals surface area contributed by atoms with E-state index in [-0.39, 0.29) is 11.3 Å². The summed E-state index contributed by atoms with van der Waals surface area (Å²) < 4.78 is 1.62. The third kappa shape index (κ3) is 3.22. The largest absolute Gasteiger partial charge is 0.351 e. The maximum atomic E-state index is 13.0. The molecule has 0 bridgehead atoms. The molecule has 132 valence electrons. The molecule has 1 amide bonds. The Kier molecular flexibility index (Phi) is 4.48. The van der Waals surface area contributed by atoms with Crippen molar-refractivity contribution in [1.29, 1.82) is 0 Å². The number of pyridine rings is 1. The standard InChI is InChI=1S/C20H21N5O/c26-19(20(9-5-10-20)12-16-6-2-1-3-7-16)23-13-17-8-4-11-22-18(17)25-15-21-14-24-25/h1-4,6-8,11,14-15H,5,9-10,12-13H2,(H,23,26). The lowest BCUT2D eigenvalue weighted by atomic mass is 9.64. The molecule has 1 aliphatic rings. The summed E-state index contributed by atoms with van der Waals surface area (Å²) >= 11 is 0. The third-order valence-corrected chi connectivity index (χ3v) is 5.12. The van der Waals surface area contributed by atoms with Crippen molar-refractivity contribution in [1.82, 2.24) is 25.1 Å². The number of rotatable bonds is 6. The first-order valence-corrected chi connectivity index (χ1v) is 8.88. The van der Waals surface area contributed by atoms with E-state index in [9.17, 15) is 4.79 Å². The highest BCUT2D eigenvalue weighted by molar-refractivity contribution is 5.84. The first-order chi connectivity index (χ1) is 12.8. The van der Waals surface area contributed by atoms with Gasteiger partial charge in [-0.2, -0.15) is 5.10 Å². The van der Waals surface area contributed by atoms with Crippen LogP contribution >= 0.6 is 0 Å². The predicted octanol–water partition coefficient (Wildman–Crippen LogP) is 2.69. The Labute approximate surface area is 152 Å². The Morgan fingerprint density at radius 1 is 1.15 bits per heavy atom. The van der Waals surface area contributed by atoms with Gasteiger partial charge in [-0.15, -0.1) is 0 Å². The molecule has 0 atom stereocenters. The molecule has 0 spiro atoms. The highest BCUT2D eigenvalue weighted by Crippen LogP contribution is 2.44. The fourth-order valence-corrected chi connectivity index (χ4v) is 3.53. The summed E-state index contributed by atoms with van der Waals surface area (Å²) in [6.07, 6.45) is 8.58. The van der Waals surface area contributed by atoms with Crippen LogP contribution in [0.4, 0.5) is 0 Å². The Balaban J connectivity index is 1.47. The number of carbonyl (C=O) groups is 1. The minimum absolute atomic E-state index is 0.126. The second-order valence-electron chi connectivity index (χ2n) is 6.81. The van der Waals surface area contributed by atoms with Gasteiger partial charge in [-0.1, -0.05) is 42.8 Å². The van der Waals surface area contributed by atoms with Crippen molar-refractivity contribution in [2.75, 3.05) is 0 Å². The Morgan fingerprint density at radius 2 is 2.00 bits per heavy atom. The Bertz CT molecular complexity index is 872. The molecule has 1 N–H and O–H groups in total. The number of amides is 1. The van der Waals surface area contributed by atoms with Gasteiger partial charge in [0.15, 0.2) is 5.82 Å². The molecule has 6 heteroatoms. The van der Waals surface area contributed by atoms with Crippen LogP contribution < -0.4 is 5.32 Å². The van der Waals surface area contributed by atoms with E-state index in [4.69, 9.17) is 0 Å². The molecule has 1 saturated carbocycles. The van der Waals surface area contributed by atoms with E-state index in [1.54, 1.807) is 17.2 Å². The molecular formula is C20H21N5O. The number of nitrogens with one attached hydrogen (secondary N) is 1. The zero-order chi connectivity index (χ0) is 17.8. The summed E-state index contributed by atoms with van der Waals surface area (Å²) in [4.78, 5) is 21.3. The SMILES string of the molecule is O=C(NCc1cccnc1-n1cncn1)C1(Cc2ccccc2)CCC1. The van der Waals surface area contributed by atoms with Crippen LogP contribution in [0.5, 0.6) is 0 Å². The average Bonchev–Trinajstić information content (AvgIpc) is 3.18. The Hall–Kier alpha value is -3.02. The van der Waals surface area contributed by atoms with E-state index in [1.807, 2.05) is 30.3 Å². The molecule has 0 saturated heterocycles. The van der Waals surface area contributed by atoms with E-state index >= 15 is 0 Å². The van der Waals surface area contributed by atoms with Gasteiger partial charge in [0.1, 0.15) is 12.7 Å². The van der Waals surface area contributed by atoms with Crippen LogP contribution in [0.25, 0.3) is 5.82 Å². The van der Waals surface area contributed by atoms with Crippen molar-refractivity contribution in [3.8, 4) is 5.82 Å². The summed E-state index contributed by atoms with van der Waals surface area (Å²) in [5.74, 6) is 0.817. The van der Waals surface area contributed by atoms with Gasteiger partial charge in [-0.05, 0) is 30.9 Å². The lowest BCUT2D eigenvalue weighted by Gasteiger charge is -2.40. The Morgan fingerprint density at radius 3 is 2.69 bits per heavy atom. The van der Waals surface area contributed by atoms with E-state index in [1.165, 1.54) is 11.9 Å². The molecule has 1 fully saturated rings. The van der Waals surface area contributed by atoms with Crippen LogP contribution in [0, 0.1) is 5.41 Å². The minimum atomic E-state index is -0.281. The molecule has 2 heterocycles. The second kappa shape index (κ2) is 7.07. The monoisotopic (exact) mass is 347 g/mol.